The molecule has 9 nitrogen and oxygen atoms in total. The molecule has 3 N–H and O–H groups in total. The van der Waals surface area contributed by atoms with Crippen LogP contribution in [0, 0.1) is 0 Å². The third-order valence-electron chi connectivity index (χ3n) is 2.87. The molecule has 0 bridgehead atoms. The molecule has 1 heterocycles. The average molecular weight is 297 g/mol. The van der Waals surface area contributed by atoms with Gasteiger partial charge >= 0.3 is 12.0 Å². The van der Waals surface area contributed by atoms with Crippen LogP contribution < -0.4 is 10.6 Å². The van der Waals surface area contributed by atoms with Crippen LogP contribution in [-0.4, -0.2) is 45.1 Å². The van der Waals surface area contributed by atoms with Gasteiger partial charge in [0, 0.05) is 19.7 Å². The number of aryl methyl sites for hydroxylation is 1. The van der Waals surface area contributed by atoms with E-state index in [1.165, 1.54) is 11.7 Å². The number of urea groups is 1. The summed E-state index contributed by atoms with van der Waals surface area (Å²) < 4.78 is 1.37. The van der Waals surface area contributed by atoms with Crippen molar-refractivity contribution in [2.45, 2.75) is 38.6 Å². The van der Waals surface area contributed by atoms with Gasteiger partial charge in [-0.05, 0) is 26.2 Å². The van der Waals surface area contributed by atoms with E-state index in [2.05, 4.69) is 20.9 Å². The zero-order chi connectivity index (χ0) is 15.8. The van der Waals surface area contributed by atoms with E-state index < -0.39 is 23.9 Å². The van der Waals surface area contributed by atoms with Gasteiger partial charge in [0.2, 0.25) is 0 Å². The first kappa shape index (κ1) is 16.6. The van der Waals surface area contributed by atoms with Crippen molar-refractivity contribution in [1.29, 1.82) is 0 Å². The molecule has 9 heteroatoms. The topological polar surface area (TPSA) is 126 Å². The van der Waals surface area contributed by atoms with E-state index >= 15 is 0 Å². The number of unbranched alkanes of at least 4 members (excludes halogenated alkanes) is 1. The lowest BCUT2D eigenvalue weighted by molar-refractivity contribution is -0.137. The number of carboxylic acids is 1. The van der Waals surface area contributed by atoms with E-state index in [-0.39, 0.29) is 6.42 Å². The Morgan fingerprint density at radius 2 is 2.10 bits per heavy atom. The van der Waals surface area contributed by atoms with Crippen molar-refractivity contribution in [3.8, 4) is 0 Å². The van der Waals surface area contributed by atoms with Crippen molar-refractivity contribution in [3.05, 3.63) is 11.9 Å². The van der Waals surface area contributed by atoms with E-state index in [1.54, 1.807) is 13.1 Å². The third-order valence-corrected chi connectivity index (χ3v) is 2.87. The summed E-state index contributed by atoms with van der Waals surface area (Å²) in [5, 5.41) is 20.7. The predicted octanol–water partition coefficient (Wildman–Crippen LogP) is 0.0921. The third kappa shape index (κ3) is 5.59. The number of aromatic nitrogens is 3. The lowest BCUT2D eigenvalue weighted by Gasteiger charge is -2.10. The average Bonchev–Trinajstić information content (AvgIpc) is 2.91. The van der Waals surface area contributed by atoms with Gasteiger partial charge in [0.25, 0.3) is 5.91 Å². The van der Waals surface area contributed by atoms with Gasteiger partial charge in [0.15, 0.2) is 0 Å². The highest BCUT2D eigenvalue weighted by atomic mass is 16.4. The van der Waals surface area contributed by atoms with E-state index in [0.717, 1.165) is 0 Å². The summed E-state index contributed by atoms with van der Waals surface area (Å²) in [6.07, 6.45) is 3.59. The minimum Gasteiger partial charge on any atom is -0.481 e. The number of nitrogens with one attached hydrogen (secondary N) is 2. The Kier molecular flexibility index (Phi) is 6.31. The first-order chi connectivity index (χ1) is 9.93. The molecule has 1 unspecified atom stereocenters. The molecule has 1 aromatic rings. The SMILES string of the molecule is CNC(=O)NC(=O)C(C)n1cc(CCCCC(=O)O)nn1. The lowest BCUT2D eigenvalue weighted by Crippen LogP contribution is -2.40. The normalized spacial score (nSPS) is 11.7. The first-order valence-corrected chi connectivity index (χ1v) is 6.59. The number of nitrogens with zero attached hydrogens (tertiary/aromatic N) is 3. The van der Waals surface area contributed by atoms with Crippen molar-refractivity contribution < 1.29 is 19.5 Å². The zero-order valence-corrected chi connectivity index (χ0v) is 12.0. The molecule has 1 rings (SSSR count). The van der Waals surface area contributed by atoms with Crippen molar-refractivity contribution in [3.63, 3.8) is 0 Å². The van der Waals surface area contributed by atoms with E-state index in [0.29, 0.717) is 25.0 Å². The molecular weight excluding hydrogens is 278 g/mol. The number of hydrogen-bond acceptors (Lipinski definition) is 5. The quantitative estimate of drug-likeness (QED) is 0.612. The maximum atomic E-state index is 11.7. The van der Waals surface area contributed by atoms with Crippen molar-refractivity contribution in [2.24, 2.45) is 0 Å². The summed E-state index contributed by atoms with van der Waals surface area (Å²) in [7, 11) is 1.41. The molecule has 0 spiro atoms. The highest BCUT2D eigenvalue weighted by Gasteiger charge is 2.18. The molecule has 1 atom stereocenters. The van der Waals surface area contributed by atoms with Crippen LogP contribution in [0.1, 0.15) is 37.9 Å². The minimum absolute atomic E-state index is 0.124. The maximum absolute atomic E-state index is 11.7. The van der Waals surface area contributed by atoms with Crippen LogP contribution >= 0.6 is 0 Å². The Morgan fingerprint density at radius 1 is 1.38 bits per heavy atom. The Hall–Kier alpha value is -2.45. The monoisotopic (exact) mass is 297 g/mol. The molecule has 0 aliphatic heterocycles. The number of carboxylic acid groups (broad SMARTS) is 1. The highest BCUT2D eigenvalue weighted by Crippen LogP contribution is 2.08. The number of imide groups is 1. The fraction of sp³-hybridized carbons (Fsp3) is 0.583. The number of hydrogen-bond donors (Lipinski definition) is 3. The van der Waals surface area contributed by atoms with Crippen LogP contribution in [0.3, 0.4) is 0 Å². The van der Waals surface area contributed by atoms with Gasteiger partial charge in [-0.25, -0.2) is 9.48 Å². The largest absolute Gasteiger partial charge is 0.481 e. The number of aliphatic carboxylic acids is 1. The van der Waals surface area contributed by atoms with E-state index in [4.69, 9.17) is 5.11 Å². The van der Waals surface area contributed by atoms with Crippen LogP contribution in [0.15, 0.2) is 6.20 Å². The molecule has 0 radical (unpaired) electrons. The maximum Gasteiger partial charge on any atom is 0.321 e. The number of rotatable bonds is 7. The van der Waals surface area contributed by atoms with Gasteiger partial charge in [-0.1, -0.05) is 5.21 Å². The standard InChI is InChI=1S/C12H19N5O4/c1-8(11(20)14-12(21)13-2)17-7-9(15-16-17)5-3-4-6-10(18)19/h7-8H,3-6H2,1-2H3,(H,18,19)(H2,13,14,20,21). The van der Waals surface area contributed by atoms with E-state index in [9.17, 15) is 14.4 Å². The van der Waals surface area contributed by atoms with Crippen molar-refractivity contribution in [2.75, 3.05) is 7.05 Å². The van der Waals surface area contributed by atoms with Gasteiger partial charge in [-0.3, -0.25) is 14.9 Å². The summed E-state index contributed by atoms with van der Waals surface area (Å²) in [5.41, 5.74) is 0.681. The smallest absolute Gasteiger partial charge is 0.321 e. The fourth-order valence-corrected chi connectivity index (χ4v) is 1.60. The molecule has 0 saturated carbocycles. The zero-order valence-electron chi connectivity index (χ0n) is 12.0. The summed E-state index contributed by atoms with van der Waals surface area (Å²) in [5.74, 6) is -1.31. The second-order valence-corrected chi connectivity index (χ2v) is 4.54. The van der Waals surface area contributed by atoms with Crippen LogP contribution in [0.4, 0.5) is 4.79 Å². The van der Waals surface area contributed by atoms with Crippen LogP contribution in [-0.2, 0) is 16.0 Å². The molecule has 116 valence electrons. The van der Waals surface area contributed by atoms with Gasteiger partial charge in [-0.15, -0.1) is 5.10 Å². The second kappa shape index (κ2) is 7.98. The van der Waals surface area contributed by atoms with Gasteiger partial charge in [0.1, 0.15) is 6.04 Å². The molecule has 0 aromatic carbocycles. The van der Waals surface area contributed by atoms with Gasteiger partial charge in [-0.2, -0.15) is 0 Å². The summed E-state index contributed by atoms with van der Waals surface area (Å²) >= 11 is 0. The summed E-state index contributed by atoms with van der Waals surface area (Å²) in [4.78, 5) is 33.2. The number of amides is 3. The van der Waals surface area contributed by atoms with Crippen LogP contribution in [0.25, 0.3) is 0 Å². The summed E-state index contributed by atoms with van der Waals surface area (Å²) in [6, 6.07) is -1.25. The van der Waals surface area contributed by atoms with Crippen LogP contribution in [0.2, 0.25) is 0 Å². The lowest BCUT2D eigenvalue weighted by atomic mass is 10.1. The minimum atomic E-state index is -0.821. The summed E-state index contributed by atoms with van der Waals surface area (Å²) in [6.45, 7) is 1.60. The molecule has 21 heavy (non-hydrogen) atoms. The van der Waals surface area contributed by atoms with Gasteiger partial charge in [0.05, 0.1) is 5.69 Å². The van der Waals surface area contributed by atoms with Crippen molar-refractivity contribution in [1.82, 2.24) is 25.6 Å². The molecule has 1 aromatic heterocycles. The van der Waals surface area contributed by atoms with Crippen molar-refractivity contribution >= 4 is 17.9 Å². The molecule has 3 amide bonds. The van der Waals surface area contributed by atoms with Gasteiger partial charge < -0.3 is 10.4 Å². The molecule has 0 fully saturated rings. The number of carbonyl (C=O) groups excluding carboxylic acids is 2. The Bertz CT molecular complexity index is 514. The second-order valence-electron chi connectivity index (χ2n) is 4.54. The van der Waals surface area contributed by atoms with Crippen LogP contribution in [0.5, 0.6) is 0 Å². The molecule has 0 aliphatic rings. The molecule has 0 saturated heterocycles. The number of carbonyl (C=O) groups is 3. The van der Waals surface area contributed by atoms with E-state index in [1.807, 2.05) is 0 Å². The predicted molar refractivity (Wildman–Crippen MR) is 72.5 cm³/mol. The first-order valence-electron chi connectivity index (χ1n) is 6.59. The fourth-order valence-electron chi connectivity index (χ4n) is 1.60. The Balaban J connectivity index is 2.48. The Morgan fingerprint density at radius 3 is 2.71 bits per heavy atom. The highest BCUT2D eigenvalue weighted by molar-refractivity contribution is 5.95. The molecular formula is C12H19N5O4. The Labute approximate surface area is 121 Å². The molecule has 0 aliphatic carbocycles.